The molecule has 1 heterocycles. The van der Waals surface area contributed by atoms with E-state index in [9.17, 15) is 9.59 Å². The topological polar surface area (TPSA) is 75.6 Å². The highest BCUT2D eigenvalue weighted by molar-refractivity contribution is 7.12. The van der Waals surface area contributed by atoms with E-state index in [4.69, 9.17) is 9.84 Å². The minimum atomic E-state index is -1.01. The van der Waals surface area contributed by atoms with E-state index in [2.05, 4.69) is 17.2 Å². The molecule has 0 aliphatic rings. The van der Waals surface area contributed by atoms with Gasteiger partial charge in [0.25, 0.3) is 0 Å². The molecular weight excluding hydrogens is 302 g/mol. The molecule has 6 heteroatoms. The van der Waals surface area contributed by atoms with Crippen LogP contribution in [0.1, 0.15) is 20.8 Å². The molecular formula is C16H13NO4S. The largest absolute Gasteiger partial charge is 0.477 e. The van der Waals surface area contributed by atoms with E-state index in [-0.39, 0.29) is 18.0 Å². The predicted octanol–water partition coefficient (Wildman–Crippen LogP) is 2.72. The van der Waals surface area contributed by atoms with Gasteiger partial charge in [-0.2, -0.15) is 0 Å². The fourth-order valence-electron chi connectivity index (χ4n) is 1.60. The fraction of sp³-hybridized carbons (Fsp3) is 0.125. The number of carbonyl (C=O) groups excluding carboxylic acids is 1. The second-order valence-corrected chi connectivity index (χ2v) is 5.10. The minimum absolute atomic E-state index is 0.0858. The number of ether oxygens (including phenoxy) is 1. The number of nitrogens with one attached hydrogen (secondary N) is 1. The van der Waals surface area contributed by atoms with Gasteiger partial charge in [0.1, 0.15) is 11.5 Å². The van der Waals surface area contributed by atoms with Crippen LogP contribution in [0.4, 0.5) is 4.79 Å². The first kappa shape index (κ1) is 15.6. The van der Waals surface area contributed by atoms with E-state index < -0.39 is 12.1 Å². The van der Waals surface area contributed by atoms with E-state index in [1.165, 1.54) is 0 Å². The molecule has 0 aliphatic carbocycles. The summed E-state index contributed by atoms with van der Waals surface area (Å²) in [4.78, 5) is 22.5. The van der Waals surface area contributed by atoms with Crippen molar-refractivity contribution in [3.05, 3.63) is 57.8 Å². The van der Waals surface area contributed by atoms with E-state index >= 15 is 0 Å². The van der Waals surface area contributed by atoms with Crippen LogP contribution in [0.2, 0.25) is 0 Å². The quantitative estimate of drug-likeness (QED) is 0.851. The zero-order chi connectivity index (χ0) is 15.8. The van der Waals surface area contributed by atoms with Gasteiger partial charge in [-0.15, -0.1) is 11.3 Å². The SMILES string of the molecule is O=C(NCC#Cc1ccsc1C(=O)O)OCc1ccccc1. The zero-order valence-electron chi connectivity index (χ0n) is 11.5. The van der Waals surface area contributed by atoms with Crippen LogP contribution in [-0.2, 0) is 11.3 Å². The Hall–Kier alpha value is -2.78. The summed E-state index contributed by atoms with van der Waals surface area (Å²) in [6, 6.07) is 11.0. The molecule has 0 saturated carbocycles. The maximum atomic E-state index is 11.5. The van der Waals surface area contributed by atoms with E-state index in [1.807, 2.05) is 30.3 Å². The highest BCUT2D eigenvalue weighted by Gasteiger charge is 2.09. The molecule has 2 rings (SSSR count). The number of benzene rings is 1. The van der Waals surface area contributed by atoms with Crippen molar-refractivity contribution in [2.24, 2.45) is 0 Å². The average molecular weight is 315 g/mol. The van der Waals surface area contributed by atoms with Crippen LogP contribution < -0.4 is 5.32 Å². The van der Waals surface area contributed by atoms with Crippen LogP contribution in [0.25, 0.3) is 0 Å². The number of aromatic carboxylic acids is 1. The molecule has 0 bridgehead atoms. The van der Waals surface area contributed by atoms with Crippen molar-refractivity contribution >= 4 is 23.4 Å². The van der Waals surface area contributed by atoms with E-state index in [0.717, 1.165) is 16.9 Å². The van der Waals surface area contributed by atoms with Crippen molar-refractivity contribution in [2.45, 2.75) is 6.61 Å². The molecule has 0 radical (unpaired) electrons. The van der Waals surface area contributed by atoms with E-state index in [0.29, 0.717) is 5.56 Å². The maximum absolute atomic E-state index is 11.5. The monoisotopic (exact) mass is 315 g/mol. The van der Waals surface area contributed by atoms with Crippen molar-refractivity contribution in [1.82, 2.24) is 5.32 Å². The van der Waals surface area contributed by atoms with Gasteiger partial charge in [-0.3, -0.25) is 0 Å². The average Bonchev–Trinajstić information content (AvgIpc) is 2.99. The number of alkyl carbamates (subject to hydrolysis) is 1. The van der Waals surface area contributed by atoms with Crippen molar-refractivity contribution in [3.63, 3.8) is 0 Å². The lowest BCUT2D eigenvalue weighted by molar-refractivity contribution is 0.0702. The van der Waals surface area contributed by atoms with Gasteiger partial charge in [0.15, 0.2) is 0 Å². The highest BCUT2D eigenvalue weighted by atomic mass is 32.1. The number of hydrogen-bond acceptors (Lipinski definition) is 4. The second kappa shape index (κ2) is 7.86. The Labute approximate surface area is 131 Å². The number of carboxylic acids is 1. The Morgan fingerprint density at radius 1 is 1.23 bits per heavy atom. The van der Waals surface area contributed by atoms with Crippen LogP contribution in [0, 0.1) is 11.8 Å². The van der Waals surface area contributed by atoms with Crippen LogP contribution in [0.15, 0.2) is 41.8 Å². The Morgan fingerprint density at radius 3 is 2.73 bits per heavy atom. The molecule has 2 N–H and O–H groups in total. The predicted molar refractivity (Wildman–Crippen MR) is 82.8 cm³/mol. The zero-order valence-corrected chi connectivity index (χ0v) is 12.4. The van der Waals surface area contributed by atoms with Gasteiger partial charge in [-0.05, 0) is 17.0 Å². The number of thiophene rings is 1. The summed E-state index contributed by atoms with van der Waals surface area (Å²) in [5, 5.41) is 13.1. The Kier molecular flexibility index (Phi) is 5.57. The summed E-state index contributed by atoms with van der Waals surface area (Å²) in [7, 11) is 0. The third kappa shape index (κ3) is 4.65. The number of carbonyl (C=O) groups is 2. The standard InChI is InChI=1S/C16H13NO4S/c18-15(19)14-13(8-10-22-14)7-4-9-17-16(20)21-11-12-5-2-1-3-6-12/h1-3,5-6,8,10H,9,11H2,(H,17,20)(H,18,19). The van der Waals surface area contributed by atoms with Gasteiger partial charge in [-0.25, -0.2) is 9.59 Å². The molecule has 2 aromatic rings. The van der Waals surface area contributed by atoms with Crippen LogP contribution in [0.3, 0.4) is 0 Å². The van der Waals surface area contributed by atoms with Crippen molar-refractivity contribution < 1.29 is 19.4 Å². The first-order valence-corrected chi connectivity index (χ1v) is 7.29. The van der Waals surface area contributed by atoms with Gasteiger partial charge in [0.2, 0.25) is 0 Å². The third-order valence-electron chi connectivity index (χ3n) is 2.62. The molecule has 0 atom stereocenters. The van der Waals surface area contributed by atoms with Crippen molar-refractivity contribution in [1.29, 1.82) is 0 Å². The molecule has 0 saturated heterocycles. The van der Waals surface area contributed by atoms with Crippen molar-refractivity contribution in [2.75, 3.05) is 6.54 Å². The van der Waals surface area contributed by atoms with E-state index in [1.54, 1.807) is 11.4 Å². The summed E-state index contributed by atoms with van der Waals surface area (Å²) >= 11 is 1.11. The number of rotatable bonds is 4. The van der Waals surface area contributed by atoms with Crippen LogP contribution in [-0.4, -0.2) is 23.7 Å². The first-order chi connectivity index (χ1) is 10.7. The lowest BCUT2D eigenvalue weighted by Crippen LogP contribution is -2.24. The van der Waals surface area contributed by atoms with Gasteiger partial charge in [0, 0.05) is 5.56 Å². The van der Waals surface area contributed by atoms with Gasteiger partial charge in [-0.1, -0.05) is 42.2 Å². The smallest absolute Gasteiger partial charge is 0.408 e. The third-order valence-corrected chi connectivity index (χ3v) is 3.52. The summed E-state index contributed by atoms with van der Waals surface area (Å²) in [5.41, 5.74) is 1.34. The Bertz CT molecular complexity index is 712. The number of amides is 1. The van der Waals surface area contributed by atoms with Gasteiger partial charge < -0.3 is 15.2 Å². The lowest BCUT2D eigenvalue weighted by Gasteiger charge is -2.04. The number of hydrogen-bond donors (Lipinski definition) is 2. The number of carboxylic acid groups (broad SMARTS) is 1. The molecule has 1 aromatic carbocycles. The Balaban J connectivity index is 1.77. The molecule has 0 spiro atoms. The Morgan fingerprint density at radius 2 is 2.00 bits per heavy atom. The normalized spacial score (nSPS) is 9.45. The molecule has 1 amide bonds. The molecule has 5 nitrogen and oxygen atoms in total. The molecule has 112 valence electrons. The van der Waals surface area contributed by atoms with Crippen LogP contribution >= 0.6 is 11.3 Å². The lowest BCUT2D eigenvalue weighted by atomic mass is 10.2. The van der Waals surface area contributed by atoms with Crippen molar-refractivity contribution in [3.8, 4) is 11.8 Å². The molecule has 0 fully saturated rings. The highest BCUT2D eigenvalue weighted by Crippen LogP contribution is 2.15. The van der Waals surface area contributed by atoms with Gasteiger partial charge >= 0.3 is 12.1 Å². The maximum Gasteiger partial charge on any atom is 0.408 e. The van der Waals surface area contributed by atoms with Crippen LogP contribution in [0.5, 0.6) is 0 Å². The summed E-state index contributed by atoms with van der Waals surface area (Å²) in [6.45, 7) is 0.274. The first-order valence-electron chi connectivity index (χ1n) is 6.41. The fourth-order valence-corrected chi connectivity index (χ4v) is 2.29. The summed E-state index contributed by atoms with van der Waals surface area (Å²) in [5.74, 6) is 4.40. The van der Waals surface area contributed by atoms with Gasteiger partial charge in [0.05, 0.1) is 6.54 Å². The molecule has 22 heavy (non-hydrogen) atoms. The molecule has 1 aromatic heterocycles. The summed E-state index contributed by atoms with van der Waals surface area (Å²) < 4.78 is 5.02. The molecule has 0 unspecified atom stereocenters. The second-order valence-electron chi connectivity index (χ2n) is 4.19. The molecule has 0 aliphatic heterocycles. The minimum Gasteiger partial charge on any atom is -0.477 e. The summed E-state index contributed by atoms with van der Waals surface area (Å²) in [6.07, 6.45) is -0.568.